The first kappa shape index (κ1) is 12.6. The molecule has 3 saturated carbocycles. The molecule has 5 unspecified atom stereocenters. The van der Waals surface area contributed by atoms with Crippen LogP contribution in [0.5, 0.6) is 0 Å². The molecular formula is C18H22O2. The van der Waals surface area contributed by atoms with Gasteiger partial charge in [0.15, 0.2) is 0 Å². The SMILES string of the molecule is O=C1C2CCC1C1(O)CCCCC1C2c1ccccc1. The summed E-state index contributed by atoms with van der Waals surface area (Å²) >= 11 is 0. The average Bonchev–Trinajstić information content (AvgIpc) is 2.78. The van der Waals surface area contributed by atoms with E-state index in [1.54, 1.807) is 0 Å². The van der Waals surface area contributed by atoms with Crippen LogP contribution < -0.4 is 0 Å². The lowest BCUT2D eigenvalue weighted by atomic mass is 9.56. The van der Waals surface area contributed by atoms with Crippen LogP contribution >= 0.6 is 0 Å². The Labute approximate surface area is 120 Å². The van der Waals surface area contributed by atoms with E-state index in [9.17, 15) is 9.90 Å². The average molecular weight is 270 g/mol. The maximum Gasteiger partial charge on any atom is 0.142 e. The van der Waals surface area contributed by atoms with Crippen molar-refractivity contribution in [1.29, 1.82) is 0 Å². The van der Waals surface area contributed by atoms with Crippen molar-refractivity contribution in [2.45, 2.75) is 50.0 Å². The minimum Gasteiger partial charge on any atom is -0.389 e. The van der Waals surface area contributed by atoms with Crippen LogP contribution in [0.2, 0.25) is 0 Å². The largest absolute Gasteiger partial charge is 0.389 e. The third kappa shape index (κ3) is 1.57. The van der Waals surface area contributed by atoms with Crippen molar-refractivity contribution in [3.8, 4) is 0 Å². The van der Waals surface area contributed by atoms with E-state index in [0.29, 0.717) is 5.78 Å². The van der Waals surface area contributed by atoms with E-state index in [4.69, 9.17) is 0 Å². The number of ketones is 1. The molecule has 1 aromatic rings. The fraction of sp³-hybridized carbons (Fsp3) is 0.611. The molecule has 2 nitrogen and oxygen atoms in total. The molecule has 0 aromatic heterocycles. The van der Waals surface area contributed by atoms with E-state index in [0.717, 1.165) is 32.1 Å². The third-order valence-electron chi connectivity index (χ3n) is 6.11. The molecule has 0 spiro atoms. The standard InChI is InChI=1S/C18H22O2/c19-17-13-9-10-15(17)18(20)11-5-4-8-14(18)16(13)12-6-2-1-3-7-12/h1-3,6-7,13-16,20H,4-5,8-11H2. The van der Waals surface area contributed by atoms with Crippen LogP contribution in [0.15, 0.2) is 30.3 Å². The zero-order valence-corrected chi connectivity index (χ0v) is 11.8. The van der Waals surface area contributed by atoms with E-state index in [2.05, 4.69) is 24.3 Å². The second kappa shape index (κ2) is 4.42. The van der Waals surface area contributed by atoms with Gasteiger partial charge in [-0.25, -0.2) is 0 Å². The molecular weight excluding hydrogens is 248 g/mol. The number of rotatable bonds is 1. The summed E-state index contributed by atoms with van der Waals surface area (Å²) in [6.45, 7) is 0. The Kier molecular flexibility index (Phi) is 2.78. The highest BCUT2D eigenvalue weighted by atomic mass is 16.3. The lowest BCUT2D eigenvalue weighted by Gasteiger charge is -2.51. The van der Waals surface area contributed by atoms with Gasteiger partial charge < -0.3 is 5.11 Å². The van der Waals surface area contributed by atoms with Crippen molar-refractivity contribution < 1.29 is 9.90 Å². The zero-order chi connectivity index (χ0) is 13.7. The fourth-order valence-electron chi connectivity index (χ4n) is 5.29. The van der Waals surface area contributed by atoms with Crippen LogP contribution in [-0.4, -0.2) is 16.5 Å². The Morgan fingerprint density at radius 1 is 1.05 bits per heavy atom. The summed E-state index contributed by atoms with van der Waals surface area (Å²) in [4.78, 5) is 12.7. The molecule has 0 radical (unpaired) electrons. The van der Waals surface area contributed by atoms with Crippen molar-refractivity contribution in [3.63, 3.8) is 0 Å². The Morgan fingerprint density at radius 2 is 1.85 bits per heavy atom. The summed E-state index contributed by atoms with van der Waals surface area (Å²) in [6, 6.07) is 10.4. The first-order chi connectivity index (χ1) is 9.72. The van der Waals surface area contributed by atoms with E-state index >= 15 is 0 Å². The molecule has 20 heavy (non-hydrogen) atoms. The summed E-state index contributed by atoms with van der Waals surface area (Å²) < 4.78 is 0. The highest BCUT2D eigenvalue weighted by Gasteiger charge is 2.61. The predicted molar refractivity (Wildman–Crippen MR) is 77.3 cm³/mol. The highest BCUT2D eigenvalue weighted by Crippen LogP contribution is 2.59. The Balaban J connectivity index is 1.82. The molecule has 5 atom stereocenters. The van der Waals surface area contributed by atoms with E-state index in [1.165, 1.54) is 12.0 Å². The number of hydrogen-bond acceptors (Lipinski definition) is 2. The number of Topliss-reactive ketones (excluding diaryl/α,β-unsaturated/α-hetero) is 1. The monoisotopic (exact) mass is 270 g/mol. The minimum absolute atomic E-state index is 0.0715. The van der Waals surface area contributed by atoms with E-state index in [1.807, 2.05) is 6.07 Å². The fourth-order valence-corrected chi connectivity index (χ4v) is 5.29. The van der Waals surface area contributed by atoms with Crippen molar-refractivity contribution in [1.82, 2.24) is 0 Å². The number of aliphatic hydroxyl groups is 1. The van der Waals surface area contributed by atoms with Gasteiger partial charge in [0.05, 0.1) is 5.60 Å². The van der Waals surface area contributed by atoms with Crippen molar-refractivity contribution in [2.24, 2.45) is 17.8 Å². The molecule has 0 saturated heterocycles. The van der Waals surface area contributed by atoms with Crippen LogP contribution in [0.1, 0.15) is 50.0 Å². The Bertz CT molecular complexity index is 523. The van der Waals surface area contributed by atoms with Gasteiger partial charge in [-0.2, -0.15) is 0 Å². The van der Waals surface area contributed by atoms with Crippen LogP contribution in [0, 0.1) is 17.8 Å². The van der Waals surface area contributed by atoms with Gasteiger partial charge >= 0.3 is 0 Å². The Hall–Kier alpha value is -1.15. The van der Waals surface area contributed by atoms with Crippen LogP contribution in [-0.2, 0) is 4.79 Å². The molecule has 2 heteroatoms. The second-order valence-electron chi connectivity index (χ2n) is 6.92. The molecule has 1 aromatic carbocycles. The Morgan fingerprint density at radius 3 is 2.65 bits per heavy atom. The van der Waals surface area contributed by atoms with E-state index < -0.39 is 5.60 Å². The van der Waals surface area contributed by atoms with Crippen molar-refractivity contribution in [3.05, 3.63) is 35.9 Å². The van der Waals surface area contributed by atoms with Gasteiger partial charge in [0.25, 0.3) is 0 Å². The van der Waals surface area contributed by atoms with Gasteiger partial charge in [0.2, 0.25) is 0 Å². The molecule has 1 N–H and O–H groups in total. The van der Waals surface area contributed by atoms with Crippen LogP contribution in [0.4, 0.5) is 0 Å². The first-order valence-electron chi connectivity index (χ1n) is 8.03. The number of hydrogen-bond donors (Lipinski definition) is 1. The van der Waals surface area contributed by atoms with Crippen molar-refractivity contribution >= 4 is 5.78 Å². The third-order valence-corrected chi connectivity index (χ3v) is 6.11. The van der Waals surface area contributed by atoms with Crippen LogP contribution in [0.25, 0.3) is 0 Å². The molecule has 106 valence electrons. The molecule has 4 rings (SSSR count). The lowest BCUT2D eigenvalue weighted by molar-refractivity contribution is -0.156. The number of carbonyl (C=O) groups is 1. The molecule has 3 fully saturated rings. The highest BCUT2D eigenvalue weighted by molar-refractivity contribution is 5.89. The summed E-state index contributed by atoms with van der Waals surface area (Å²) in [7, 11) is 0. The molecule has 2 bridgehead atoms. The smallest absolute Gasteiger partial charge is 0.142 e. The first-order valence-corrected chi connectivity index (χ1v) is 8.03. The predicted octanol–water partition coefficient (Wildman–Crippen LogP) is 3.30. The summed E-state index contributed by atoms with van der Waals surface area (Å²) in [5, 5.41) is 11.3. The maximum atomic E-state index is 12.7. The molecule has 0 amide bonds. The maximum absolute atomic E-state index is 12.7. The summed E-state index contributed by atoms with van der Waals surface area (Å²) in [5.74, 6) is 0.963. The quantitative estimate of drug-likeness (QED) is 0.850. The topological polar surface area (TPSA) is 37.3 Å². The van der Waals surface area contributed by atoms with Gasteiger partial charge in [-0.1, -0.05) is 43.2 Å². The normalized spacial score (nSPS) is 43.4. The molecule has 0 aliphatic heterocycles. The summed E-state index contributed by atoms with van der Waals surface area (Å²) in [5.41, 5.74) is 0.541. The zero-order valence-electron chi connectivity index (χ0n) is 11.8. The second-order valence-corrected chi connectivity index (χ2v) is 6.92. The molecule has 3 aliphatic rings. The summed E-state index contributed by atoms with van der Waals surface area (Å²) in [6.07, 6.45) is 6.05. The van der Waals surface area contributed by atoms with Crippen LogP contribution in [0.3, 0.4) is 0 Å². The minimum atomic E-state index is -0.719. The van der Waals surface area contributed by atoms with Gasteiger partial charge in [-0.15, -0.1) is 0 Å². The molecule has 3 aliphatic carbocycles. The van der Waals surface area contributed by atoms with Gasteiger partial charge in [0.1, 0.15) is 5.78 Å². The lowest BCUT2D eigenvalue weighted by Crippen LogP contribution is -2.56. The van der Waals surface area contributed by atoms with Gasteiger partial charge in [0, 0.05) is 11.8 Å². The van der Waals surface area contributed by atoms with Crippen molar-refractivity contribution in [2.75, 3.05) is 0 Å². The van der Waals surface area contributed by atoms with E-state index in [-0.39, 0.29) is 23.7 Å². The van der Waals surface area contributed by atoms with Gasteiger partial charge in [-0.05, 0) is 43.1 Å². The number of fused-ring (bicyclic) bond motifs is 4. The molecule has 0 heterocycles. The number of carbonyl (C=O) groups excluding carboxylic acids is 1. The van der Waals surface area contributed by atoms with Gasteiger partial charge in [-0.3, -0.25) is 4.79 Å². The number of benzene rings is 1.